The number of rotatable bonds is 4. The van der Waals surface area contributed by atoms with E-state index >= 15 is 0 Å². The lowest BCUT2D eigenvalue weighted by Crippen LogP contribution is -2.53. The monoisotopic (exact) mass is 340 g/mol. The van der Waals surface area contributed by atoms with Crippen molar-refractivity contribution in [3.63, 3.8) is 0 Å². The molecule has 0 aliphatic carbocycles. The number of carbonyl (C=O) groups excluding carboxylic acids is 2. The normalized spacial score (nSPS) is 20.8. The Morgan fingerprint density at radius 1 is 1.50 bits per heavy atom. The van der Waals surface area contributed by atoms with Crippen LogP contribution in [0.4, 0.5) is 4.79 Å². The highest BCUT2D eigenvalue weighted by molar-refractivity contribution is 9.10. The van der Waals surface area contributed by atoms with E-state index in [0.717, 1.165) is 10.0 Å². The Balaban J connectivity index is 2.10. The lowest BCUT2D eigenvalue weighted by molar-refractivity contribution is -0.131. The van der Waals surface area contributed by atoms with Crippen molar-refractivity contribution in [2.24, 2.45) is 0 Å². The zero-order valence-corrected chi connectivity index (χ0v) is 13.0. The zero-order chi connectivity index (χ0) is 14.7. The second-order valence-electron chi connectivity index (χ2n) is 4.81. The van der Waals surface area contributed by atoms with Crippen molar-refractivity contribution >= 4 is 27.9 Å². The summed E-state index contributed by atoms with van der Waals surface area (Å²) in [5.74, 6) is -0.178. The number of nitrogens with one attached hydrogen (secondary N) is 1. The molecule has 1 aliphatic rings. The molecule has 0 radical (unpaired) electrons. The van der Waals surface area contributed by atoms with Crippen molar-refractivity contribution in [3.8, 4) is 0 Å². The Labute approximate surface area is 126 Å². The SMILES string of the molecule is CO[C@H](C)CN1C(=O)CC(c2cccc(Br)c2)NC1=O. The maximum Gasteiger partial charge on any atom is 0.324 e. The summed E-state index contributed by atoms with van der Waals surface area (Å²) in [4.78, 5) is 25.4. The van der Waals surface area contributed by atoms with Crippen LogP contribution >= 0.6 is 15.9 Å². The van der Waals surface area contributed by atoms with Crippen molar-refractivity contribution in [2.45, 2.75) is 25.5 Å². The molecule has 0 saturated carbocycles. The molecule has 1 fully saturated rings. The summed E-state index contributed by atoms with van der Waals surface area (Å²) < 4.78 is 6.02. The fourth-order valence-electron chi connectivity index (χ4n) is 2.12. The average Bonchev–Trinajstić information content (AvgIpc) is 2.42. The molecule has 1 saturated heterocycles. The molecule has 1 unspecified atom stereocenters. The summed E-state index contributed by atoms with van der Waals surface area (Å²) >= 11 is 3.39. The number of halogens is 1. The fraction of sp³-hybridized carbons (Fsp3) is 0.429. The maximum absolute atomic E-state index is 12.1. The summed E-state index contributed by atoms with van der Waals surface area (Å²) in [6.45, 7) is 2.09. The third kappa shape index (κ3) is 3.37. The van der Waals surface area contributed by atoms with Crippen LogP contribution in [0.3, 0.4) is 0 Å². The first kappa shape index (κ1) is 15.0. The molecule has 1 heterocycles. The number of ether oxygens (including phenoxy) is 1. The van der Waals surface area contributed by atoms with E-state index < -0.39 is 0 Å². The smallest absolute Gasteiger partial charge is 0.324 e. The van der Waals surface area contributed by atoms with Crippen LogP contribution < -0.4 is 5.32 Å². The second kappa shape index (κ2) is 6.37. The molecule has 20 heavy (non-hydrogen) atoms. The first-order valence-corrected chi connectivity index (χ1v) is 7.19. The van der Waals surface area contributed by atoms with E-state index in [9.17, 15) is 9.59 Å². The second-order valence-corrected chi connectivity index (χ2v) is 5.73. The molecule has 108 valence electrons. The van der Waals surface area contributed by atoms with Crippen LogP contribution in [0, 0.1) is 0 Å². The number of methoxy groups -OCH3 is 1. The van der Waals surface area contributed by atoms with Crippen molar-refractivity contribution in [2.75, 3.05) is 13.7 Å². The topological polar surface area (TPSA) is 58.6 Å². The van der Waals surface area contributed by atoms with Crippen molar-refractivity contribution in [3.05, 3.63) is 34.3 Å². The van der Waals surface area contributed by atoms with Gasteiger partial charge in [0.05, 0.1) is 25.1 Å². The summed E-state index contributed by atoms with van der Waals surface area (Å²) in [6, 6.07) is 6.96. The third-order valence-corrected chi connectivity index (χ3v) is 3.81. The third-order valence-electron chi connectivity index (χ3n) is 3.32. The summed E-state index contributed by atoms with van der Waals surface area (Å²) in [6.07, 6.45) is 0.0886. The van der Waals surface area contributed by atoms with Gasteiger partial charge in [0, 0.05) is 11.6 Å². The predicted octanol–water partition coefficient (Wildman–Crippen LogP) is 2.47. The van der Waals surface area contributed by atoms with E-state index in [1.165, 1.54) is 4.90 Å². The Kier molecular flexibility index (Phi) is 4.77. The summed E-state index contributed by atoms with van der Waals surface area (Å²) in [5, 5.41) is 2.86. The quantitative estimate of drug-likeness (QED) is 0.915. The fourth-order valence-corrected chi connectivity index (χ4v) is 2.53. The van der Waals surface area contributed by atoms with Gasteiger partial charge in [-0.2, -0.15) is 0 Å². The molecule has 3 amide bonds. The van der Waals surface area contributed by atoms with Gasteiger partial charge in [0.1, 0.15) is 0 Å². The first-order valence-electron chi connectivity index (χ1n) is 6.40. The lowest BCUT2D eigenvalue weighted by Gasteiger charge is -2.32. The van der Waals surface area contributed by atoms with E-state index in [0.29, 0.717) is 0 Å². The van der Waals surface area contributed by atoms with Gasteiger partial charge >= 0.3 is 6.03 Å². The standard InChI is InChI=1S/C14H17BrN2O3/c1-9(20-2)8-17-13(18)7-12(16-14(17)19)10-4-3-5-11(15)6-10/h3-6,9,12H,7-8H2,1-2H3,(H,16,19)/t9-,12?/m1/s1. The molecule has 2 atom stereocenters. The number of benzene rings is 1. The first-order chi connectivity index (χ1) is 9.51. The van der Waals surface area contributed by atoms with Crippen LogP contribution in [0.5, 0.6) is 0 Å². The van der Waals surface area contributed by atoms with E-state index in [1.54, 1.807) is 7.11 Å². The zero-order valence-electron chi connectivity index (χ0n) is 11.4. The highest BCUT2D eigenvalue weighted by Gasteiger charge is 2.33. The Bertz CT molecular complexity index is 503. The number of urea groups is 1. The van der Waals surface area contributed by atoms with Crippen molar-refractivity contribution < 1.29 is 14.3 Å². The highest BCUT2D eigenvalue weighted by Crippen LogP contribution is 2.24. The van der Waals surface area contributed by atoms with Gasteiger partial charge in [-0.15, -0.1) is 0 Å². The average molecular weight is 341 g/mol. The lowest BCUT2D eigenvalue weighted by atomic mass is 10.0. The van der Waals surface area contributed by atoms with E-state index in [1.807, 2.05) is 31.2 Å². The van der Waals surface area contributed by atoms with E-state index in [-0.39, 0.29) is 37.0 Å². The number of amides is 3. The largest absolute Gasteiger partial charge is 0.380 e. The Morgan fingerprint density at radius 3 is 2.85 bits per heavy atom. The van der Waals surface area contributed by atoms with E-state index in [4.69, 9.17) is 4.74 Å². The molecule has 5 nitrogen and oxygen atoms in total. The van der Waals surface area contributed by atoms with Crippen LogP contribution in [0.2, 0.25) is 0 Å². The number of hydrogen-bond donors (Lipinski definition) is 1. The molecule has 1 aliphatic heterocycles. The number of imide groups is 1. The van der Waals surface area contributed by atoms with Gasteiger partial charge in [-0.05, 0) is 24.6 Å². The molecule has 0 bridgehead atoms. The van der Waals surface area contributed by atoms with Crippen molar-refractivity contribution in [1.82, 2.24) is 10.2 Å². The minimum absolute atomic E-state index is 0.174. The van der Waals surface area contributed by atoms with Crippen LogP contribution in [0.1, 0.15) is 24.9 Å². The molecule has 0 spiro atoms. The van der Waals surface area contributed by atoms with Crippen LogP contribution in [0.15, 0.2) is 28.7 Å². The molecule has 2 rings (SSSR count). The van der Waals surface area contributed by atoms with Gasteiger partial charge < -0.3 is 10.1 Å². The highest BCUT2D eigenvalue weighted by atomic mass is 79.9. The number of nitrogens with zero attached hydrogens (tertiary/aromatic N) is 1. The molecule has 6 heteroatoms. The van der Waals surface area contributed by atoms with Gasteiger partial charge in [0.15, 0.2) is 0 Å². The van der Waals surface area contributed by atoms with E-state index in [2.05, 4.69) is 21.2 Å². The summed E-state index contributed by atoms with van der Waals surface area (Å²) in [5.41, 5.74) is 0.917. The Hall–Kier alpha value is -1.40. The maximum atomic E-state index is 12.1. The van der Waals surface area contributed by atoms with Gasteiger partial charge in [0.2, 0.25) is 5.91 Å². The van der Waals surface area contributed by atoms with Gasteiger partial charge in [-0.3, -0.25) is 9.69 Å². The molecule has 1 aromatic rings. The van der Waals surface area contributed by atoms with Crippen molar-refractivity contribution in [1.29, 1.82) is 0 Å². The number of hydrogen-bond acceptors (Lipinski definition) is 3. The van der Waals surface area contributed by atoms with Gasteiger partial charge in [0.25, 0.3) is 0 Å². The Morgan fingerprint density at radius 2 is 2.25 bits per heavy atom. The molecule has 1 aromatic carbocycles. The van der Waals surface area contributed by atoms with Gasteiger partial charge in [-0.25, -0.2) is 4.79 Å². The molecular formula is C14H17BrN2O3. The van der Waals surface area contributed by atoms with Gasteiger partial charge in [-0.1, -0.05) is 28.1 Å². The van der Waals surface area contributed by atoms with Crippen LogP contribution in [-0.4, -0.2) is 36.6 Å². The number of carbonyl (C=O) groups is 2. The summed E-state index contributed by atoms with van der Waals surface area (Å²) in [7, 11) is 1.56. The molecule has 0 aromatic heterocycles. The van der Waals surface area contributed by atoms with Crippen LogP contribution in [-0.2, 0) is 9.53 Å². The molecule has 1 N–H and O–H groups in total. The minimum atomic E-state index is -0.366. The predicted molar refractivity (Wildman–Crippen MR) is 78.2 cm³/mol. The molecular weight excluding hydrogens is 324 g/mol. The van der Waals surface area contributed by atoms with Crippen LogP contribution in [0.25, 0.3) is 0 Å². The minimum Gasteiger partial charge on any atom is -0.380 e.